The number of hydrogen-bond acceptors (Lipinski definition) is 4. The Hall–Kier alpha value is -2.25. The molecule has 31 heavy (non-hydrogen) atoms. The molecule has 0 radical (unpaired) electrons. The van der Waals surface area contributed by atoms with Gasteiger partial charge in [0.25, 0.3) is 0 Å². The number of halogens is 1. The van der Waals surface area contributed by atoms with Crippen LogP contribution in [-0.2, 0) is 14.8 Å². The summed E-state index contributed by atoms with van der Waals surface area (Å²) in [6.07, 6.45) is 2.07. The van der Waals surface area contributed by atoms with Gasteiger partial charge in [-0.2, -0.15) is 0 Å². The Balaban J connectivity index is 2.41. The lowest BCUT2D eigenvalue weighted by Crippen LogP contribution is -2.50. The predicted molar refractivity (Wildman–Crippen MR) is 126 cm³/mol. The normalized spacial score (nSPS) is 13.4. The molecule has 0 unspecified atom stereocenters. The SMILES string of the molecule is CC[C@H](C(=O)N[C@H](CC)c1ccc(OC)c(C)c1)N(c1cc(Cl)ccc1C)S(C)(=O)=O. The van der Waals surface area contributed by atoms with Gasteiger partial charge in [-0.3, -0.25) is 9.10 Å². The zero-order chi connectivity index (χ0) is 23.3. The largest absolute Gasteiger partial charge is 0.496 e. The second kappa shape index (κ2) is 10.4. The van der Waals surface area contributed by atoms with Crippen molar-refractivity contribution in [2.45, 2.75) is 52.6 Å². The van der Waals surface area contributed by atoms with E-state index < -0.39 is 16.1 Å². The average Bonchev–Trinajstić information content (AvgIpc) is 2.71. The van der Waals surface area contributed by atoms with E-state index in [1.807, 2.05) is 32.0 Å². The number of nitrogens with zero attached hydrogens (tertiary/aromatic N) is 1. The van der Waals surface area contributed by atoms with Gasteiger partial charge in [0.2, 0.25) is 15.9 Å². The standard InChI is InChI=1S/C23H31ClN2O4S/c1-7-19(17-10-12-22(30-5)16(4)13-17)25-23(27)20(8-2)26(31(6,28)29)21-14-18(24)11-9-15(21)3/h9-14,19-20H,7-8H2,1-6H3,(H,25,27)/t19-,20-/m1/s1. The molecule has 2 rings (SSSR count). The monoisotopic (exact) mass is 466 g/mol. The Kier molecular flexibility index (Phi) is 8.37. The van der Waals surface area contributed by atoms with E-state index in [2.05, 4.69) is 5.32 Å². The molecular weight excluding hydrogens is 436 g/mol. The first kappa shape index (κ1) is 25.0. The van der Waals surface area contributed by atoms with Crippen LogP contribution in [0.15, 0.2) is 36.4 Å². The molecule has 0 aliphatic rings. The van der Waals surface area contributed by atoms with E-state index in [0.717, 1.165) is 28.7 Å². The summed E-state index contributed by atoms with van der Waals surface area (Å²) in [7, 11) is -2.12. The fourth-order valence-corrected chi connectivity index (χ4v) is 5.09. The molecular formula is C23H31ClN2O4S. The lowest BCUT2D eigenvalue weighted by molar-refractivity contribution is -0.123. The van der Waals surface area contributed by atoms with Gasteiger partial charge in [-0.1, -0.05) is 43.6 Å². The molecule has 0 bridgehead atoms. The minimum Gasteiger partial charge on any atom is -0.496 e. The van der Waals surface area contributed by atoms with Crippen LogP contribution in [0, 0.1) is 13.8 Å². The van der Waals surface area contributed by atoms with Gasteiger partial charge >= 0.3 is 0 Å². The molecule has 6 nitrogen and oxygen atoms in total. The fraction of sp³-hybridized carbons (Fsp3) is 0.435. The summed E-state index contributed by atoms with van der Waals surface area (Å²) in [6.45, 7) is 7.50. The molecule has 0 aliphatic carbocycles. The Morgan fingerprint density at radius 3 is 2.29 bits per heavy atom. The van der Waals surface area contributed by atoms with Crippen LogP contribution >= 0.6 is 11.6 Å². The van der Waals surface area contributed by atoms with Crippen molar-refractivity contribution in [2.24, 2.45) is 0 Å². The summed E-state index contributed by atoms with van der Waals surface area (Å²) < 4.78 is 32.0. The van der Waals surface area contributed by atoms with Crippen molar-refractivity contribution >= 4 is 33.2 Å². The van der Waals surface area contributed by atoms with Crippen LogP contribution in [0.3, 0.4) is 0 Å². The lowest BCUT2D eigenvalue weighted by Gasteiger charge is -2.32. The first-order valence-corrected chi connectivity index (χ1v) is 12.5. The number of aryl methyl sites for hydroxylation is 2. The molecule has 2 aromatic rings. The summed E-state index contributed by atoms with van der Waals surface area (Å²) in [4.78, 5) is 13.3. The van der Waals surface area contributed by atoms with E-state index in [1.54, 1.807) is 39.2 Å². The highest BCUT2D eigenvalue weighted by Crippen LogP contribution is 2.30. The predicted octanol–water partition coefficient (Wildman–Crippen LogP) is 4.78. The van der Waals surface area contributed by atoms with Crippen LogP contribution in [0.25, 0.3) is 0 Å². The summed E-state index contributed by atoms with van der Waals surface area (Å²) in [6, 6.07) is 9.62. The van der Waals surface area contributed by atoms with E-state index >= 15 is 0 Å². The molecule has 0 saturated heterocycles. The zero-order valence-electron chi connectivity index (χ0n) is 18.9. The smallest absolute Gasteiger partial charge is 0.244 e. The molecule has 0 aromatic heterocycles. The van der Waals surface area contributed by atoms with Crippen LogP contribution in [-0.4, -0.2) is 33.7 Å². The van der Waals surface area contributed by atoms with Crippen molar-refractivity contribution in [1.29, 1.82) is 0 Å². The number of carbonyl (C=O) groups excluding carboxylic acids is 1. The van der Waals surface area contributed by atoms with Gasteiger partial charge in [-0.25, -0.2) is 8.42 Å². The van der Waals surface area contributed by atoms with E-state index in [9.17, 15) is 13.2 Å². The van der Waals surface area contributed by atoms with Crippen LogP contribution in [0.1, 0.15) is 49.4 Å². The molecule has 2 atom stereocenters. The number of nitrogens with one attached hydrogen (secondary N) is 1. The summed E-state index contributed by atoms with van der Waals surface area (Å²) in [5.41, 5.74) is 3.03. The Bertz CT molecular complexity index is 1040. The molecule has 0 fully saturated rings. The van der Waals surface area contributed by atoms with Gasteiger partial charge in [0.1, 0.15) is 11.8 Å². The maximum Gasteiger partial charge on any atom is 0.244 e. The van der Waals surface area contributed by atoms with Crippen molar-refractivity contribution in [2.75, 3.05) is 17.7 Å². The molecule has 0 saturated carbocycles. The number of anilines is 1. The second-order valence-electron chi connectivity index (χ2n) is 7.61. The van der Waals surface area contributed by atoms with Crippen LogP contribution in [0.5, 0.6) is 5.75 Å². The third-order valence-electron chi connectivity index (χ3n) is 5.28. The Morgan fingerprint density at radius 2 is 1.77 bits per heavy atom. The van der Waals surface area contributed by atoms with E-state index in [4.69, 9.17) is 16.3 Å². The van der Waals surface area contributed by atoms with Gasteiger partial charge in [0, 0.05) is 5.02 Å². The molecule has 1 N–H and O–H groups in total. The summed E-state index contributed by atoms with van der Waals surface area (Å²) >= 11 is 6.13. The molecule has 2 aromatic carbocycles. The zero-order valence-corrected chi connectivity index (χ0v) is 20.5. The van der Waals surface area contributed by atoms with Crippen molar-refractivity contribution in [3.8, 4) is 5.75 Å². The number of rotatable bonds is 9. The van der Waals surface area contributed by atoms with E-state index in [-0.39, 0.29) is 11.9 Å². The second-order valence-corrected chi connectivity index (χ2v) is 9.91. The average molecular weight is 467 g/mol. The van der Waals surface area contributed by atoms with Crippen molar-refractivity contribution in [1.82, 2.24) is 5.32 Å². The molecule has 0 heterocycles. The number of ether oxygens (including phenoxy) is 1. The minimum absolute atomic E-state index is 0.256. The van der Waals surface area contributed by atoms with Crippen LogP contribution in [0.2, 0.25) is 5.02 Å². The first-order chi connectivity index (χ1) is 14.5. The Labute approximate surface area is 190 Å². The number of methoxy groups -OCH3 is 1. The maximum absolute atomic E-state index is 13.3. The van der Waals surface area contributed by atoms with Gasteiger partial charge in [0.05, 0.1) is 25.1 Å². The highest BCUT2D eigenvalue weighted by atomic mass is 35.5. The highest BCUT2D eigenvalue weighted by Gasteiger charge is 2.33. The topological polar surface area (TPSA) is 75.7 Å². The van der Waals surface area contributed by atoms with Crippen molar-refractivity contribution in [3.63, 3.8) is 0 Å². The van der Waals surface area contributed by atoms with Crippen molar-refractivity contribution in [3.05, 3.63) is 58.1 Å². The third kappa shape index (κ3) is 5.92. The molecule has 170 valence electrons. The van der Waals surface area contributed by atoms with Crippen LogP contribution in [0.4, 0.5) is 5.69 Å². The van der Waals surface area contributed by atoms with Gasteiger partial charge < -0.3 is 10.1 Å². The summed E-state index contributed by atoms with van der Waals surface area (Å²) in [5.74, 6) is 0.420. The number of benzene rings is 2. The van der Waals surface area contributed by atoms with E-state index in [1.165, 1.54) is 4.31 Å². The number of carbonyl (C=O) groups is 1. The lowest BCUT2D eigenvalue weighted by atomic mass is 10.0. The number of sulfonamides is 1. The summed E-state index contributed by atoms with van der Waals surface area (Å²) in [5, 5.41) is 3.44. The molecule has 1 amide bonds. The number of hydrogen-bond donors (Lipinski definition) is 1. The number of amides is 1. The fourth-order valence-electron chi connectivity index (χ4n) is 3.66. The molecule has 0 aliphatic heterocycles. The Morgan fingerprint density at radius 1 is 1.10 bits per heavy atom. The molecule has 0 spiro atoms. The molecule has 8 heteroatoms. The quantitative estimate of drug-likeness (QED) is 0.577. The van der Waals surface area contributed by atoms with Gasteiger partial charge in [-0.15, -0.1) is 0 Å². The maximum atomic E-state index is 13.3. The first-order valence-electron chi connectivity index (χ1n) is 10.2. The van der Waals surface area contributed by atoms with Gasteiger partial charge in [0.15, 0.2) is 0 Å². The van der Waals surface area contributed by atoms with E-state index in [0.29, 0.717) is 23.6 Å². The minimum atomic E-state index is -3.74. The van der Waals surface area contributed by atoms with Crippen LogP contribution < -0.4 is 14.4 Å². The highest BCUT2D eigenvalue weighted by molar-refractivity contribution is 7.92. The van der Waals surface area contributed by atoms with Crippen molar-refractivity contribution < 1.29 is 17.9 Å². The van der Waals surface area contributed by atoms with Gasteiger partial charge in [-0.05, 0) is 61.6 Å². The third-order valence-corrected chi connectivity index (χ3v) is 6.69.